The van der Waals surface area contributed by atoms with Crippen molar-refractivity contribution in [2.45, 2.75) is 50.7 Å². The van der Waals surface area contributed by atoms with Crippen LogP contribution in [0.4, 0.5) is 0 Å². The molecule has 0 aromatic rings. The van der Waals surface area contributed by atoms with Crippen molar-refractivity contribution in [2.24, 2.45) is 0 Å². The first-order valence-electron chi connectivity index (χ1n) is 6.34. The predicted molar refractivity (Wildman–Crippen MR) is 61.9 cm³/mol. The van der Waals surface area contributed by atoms with E-state index in [0.29, 0.717) is 0 Å². The SMILES string of the molecule is CC1(O)CCCN(CCNC2CC2)CC1. The molecule has 1 heterocycles. The van der Waals surface area contributed by atoms with Crippen LogP contribution in [0.1, 0.15) is 39.0 Å². The highest BCUT2D eigenvalue weighted by Gasteiger charge is 2.25. The second-order valence-corrected chi connectivity index (χ2v) is 5.42. The van der Waals surface area contributed by atoms with Gasteiger partial charge in [-0.1, -0.05) is 0 Å². The van der Waals surface area contributed by atoms with E-state index < -0.39 is 5.60 Å². The molecule has 1 atom stereocenters. The van der Waals surface area contributed by atoms with E-state index in [9.17, 15) is 5.11 Å². The molecule has 0 spiro atoms. The van der Waals surface area contributed by atoms with Gasteiger partial charge in [0, 0.05) is 25.7 Å². The van der Waals surface area contributed by atoms with Crippen molar-refractivity contribution in [2.75, 3.05) is 26.2 Å². The van der Waals surface area contributed by atoms with E-state index in [2.05, 4.69) is 10.2 Å². The molecule has 0 bridgehead atoms. The molecule has 1 saturated heterocycles. The monoisotopic (exact) mass is 212 g/mol. The first-order valence-corrected chi connectivity index (χ1v) is 6.34. The summed E-state index contributed by atoms with van der Waals surface area (Å²) in [5.74, 6) is 0. The first-order chi connectivity index (χ1) is 7.16. The zero-order valence-electron chi connectivity index (χ0n) is 9.84. The highest BCUT2D eigenvalue weighted by Crippen LogP contribution is 2.21. The summed E-state index contributed by atoms with van der Waals surface area (Å²) in [5, 5.41) is 13.5. The van der Waals surface area contributed by atoms with Crippen molar-refractivity contribution in [3.63, 3.8) is 0 Å². The second-order valence-electron chi connectivity index (χ2n) is 5.42. The van der Waals surface area contributed by atoms with Crippen LogP contribution in [0.5, 0.6) is 0 Å². The van der Waals surface area contributed by atoms with Crippen LogP contribution in [-0.4, -0.2) is 47.8 Å². The molecule has 0 aromatic carbocycles. The van der Waals surface area contributed by atoms with Crippen LogP contribution < -0.4 is 5.32 Å². The van der Waals surface area contributed by atoms with E-state index in [1.807, 2.05) is 6.92 Å². The summed E-state index contributed by atoms with van der Waals surface area (Å²) < 4.78 is 0. The molecule has 15 heavy (non-hydrogen) atoms. The highest BCUT2D eigenvalue weighted by atomic mass is 16.3. The third-order valence-corrected chi connectivity index (χ3v) is 3.59. The summed E-state index contributed by atoms with van der Waals surface area (Å²) in [6.45, 7) is 6.44. The molecule has 1 aliphatic carbocycles. The zero-order valence-corrected chi connectivity index (χ0v) is 9.84. The van der Waals surface area contributed by atoms with Crippen molar-refractivity contribution in [1.82, 2.24) is 10.2 Å². The van der Waals surface area contributed by atoms with Gasteiger partial charge in [0.2, 0.25) is 0 Å². The van der Waals surface area contributed by atoms with Gasteiger partial charge in [0.1, 0.15) is 0 Å². The molecule has 0 amide bonds. The molecule has 2 aliphatic rings. The first kappa shape index (κ1) is 11.4. The van der Waals surface area contributed by atoms with E-state index in [-0.39, 0.29) is 0 Å². The largest absolute Gasteiger partial charge is 0.390 e. The number of hydrogen-bond donors (Lipinski definition) is 2. The van der Waals surface area contributed by atoms with Gasteiger partial charge < -0.3 is 15.3 Å². The fourth-order valence-electron chi connectivity index (χ4n) is 2.26. The maximum absolute atomic E-state index is 9.95. The Kier molecular flexibility index (Phi) is 3.65. The van der Waals surface area contributed by atoms with Gasteiger partial charge in [-0.15, -0.1) is 0 Å². The summed E-state index contributed by atoms with van der Waals surface area (Å²) in [6, 6.07) is 0.820. The Bertz CT molecular complexity index is 202. The van der Waals surface area contributed by atoms with Gasteiger partial charge in [-0.3, -0.25) is 0 Å². The van der Waals surface area contributed by atoms with Crippen molar-refractivity contribution in [1.29, 1.82) is 0 Å². The number of nitrogens with zero attached hydrogens (tertiary/aromatic N) is 1. The van der Waals surface area contributed by atoms with Crippen LogP contribution in [0.2, 0.25) is 0 Å². The lowest BCUT2D eigenvalue weighted by molar-refractivity contribution is 0.0447. The predicted octanol–water partition coefficient (Wildman–Crippen LogP) is 0.975. The lowest BCUT2D eigenvalue weighted by Gasteiger charge is -2.22. The van der Waals surface area contributed by atoms with Gasteiger partial charge in [-0.2, -0.15) is 0 Å². The highest BCUT2D eigenvalue weighted by molar-refractivity contribution is 4.82. The lowest BCUT2D eigenvalue weighted by atomic mass is 9.98. The molecular weight excluding hydrogens is 188 g/mol. The number of rotatable bonds is 4. The Balaban J connectivity index is 1.64. The minimum Gasteiger partial charge on any atom is -0.390 e. The minimum absolute atomic E-state index is 0.418. The average molecular weight is 212 g/mol. The number of nitrogens with one attached hydrogen (secondary N) is 1. The molecule has 0 radical (unpaired) electrons. The van der Waals surface area contributed by atoms with Gasteiger partial charge in [0.25, 0.3) is 0 Å². The zero-order chi connectivity index (χ0) is 10.7. The molecule has 1 unspecified atom stereocenters. The molecular formula is C12H24N2O. The standard InChI is InChI=1S/C12H24N2O/c1-12(15)5-2-8-14(9-6-12)10-7-13-11-3-4-11/h11,13,15H,2-10H2,1H3. The molecule has 2 fully saturated rings. The maximum Gasteiger partial charge on any atom is 0.0632 e. The third kappa shape index (κ3) is 4.09. The summed E-state index contributed by atoms with van der Waals surface area (Å²) in [7, 11) is 0. The minimum atomic E-state index is -0.418. The Morgan fingerprint density at radius 1 is 1.33 bits per heavy atom. The molecule has 2 rings (SSSR count). The van der Waals surface area contributed by atoms with Crippen LogP contribution in [0.25, 0.3) is 0 Å². The van der Waals surface area contributed by atoms with Crippen LogP contribution >= 0.6 is 0 Å². The fourth-order valence-corrected chi connectivity index (χ4v) is 2.26. The number of likely N-dealkylation sites (tertiary alicyclic amines) is 1. The Labute approximate surface area is 92.8 Å². The molecule has 88 valence electrons. The summed E-state index contributed by atoms with van der Waals surface area (Å²) in [5.41, 5.74) is -0.418. The smallest absolute Gasteiger partial charge is 0.0632 e. The Morgan fingerprint density at radius 3 is 2.87 bits per heavy atom. The topological polar surface area (TPSA) is 35.5 Å². The van der Waals surface area contributed by atoms with Crippen LogP contribution in [0, 0.1) is 0 Å². The number of hydrogen-bond acceptors (Lipinski definition) is 3. The van der Waals surface area contributed by atoms with E-state index in [1.165, 1.54) is 12.8 Å². The normalized spacial score (nSPS) is 34.0. The molecule has 3 heteroatoms. The second kappa shape index (κ2) is 4.81. The molecule has 1 aliphatic heterocycles. The molecule has 3 nitrogen and oxygen atoms in total. The third-order valence-electron chi connectivity index (χ3n) is 3.59. The maximum atomic E-state index is 9.95. The van der Waals surface area contributed by atoms with E-state index in [4.69, 9.17) is 0 Å². The van der Waals surface area contributed by atoms with Crippen LogP contribution in [0.15, 0.2) is 0 Å². The Morgan fingerprint density at radius 2 is 2.13 bits per heavy atom. The molecule has 2 N–H and O–H groups in total. The van der Waals surface area contributed by atoms with Crippen molar-refractivity contribution in [3.05, 3.63) is 0 Å². The van der Waals surface area contributed by atoms with Gasteiger partial charge in [0.15, 0.2) is 0 Å². The van der Waals surface area contributed by atoms with Gasteiger partial charge in [0.05, 0.1) is 5.60 Å². The van der Waals surface area contributed by atoms with Gasteiger partial charge in [-0.05, 0) is 45.6 Å². The average Bonchev–Trinajstić information content (AvgIpc) is 2.96. The van der Waals surface area contributed by atoms with E-state index in [0.717, 1.165) is 51.5 Å². The van der Waals surface area contributed by atoms with Gasteiger partial charge >= 0.3 is 0 Å². The van der Waals surface area contributed by atoms with Crippen LogP contribution in [0.3, 0.4) is 0 Å². The fraction of sp³-hybridized carbons (Fsp3) is 1.00. The summed E-state index contributed by atoms with van der Waals surface area (Å²) in [6.07, 6.45) is 5.76. The quantitative estimate of drug-likeness (QED) is 0.729. The molecule has 1 saturated carbocycles. The van der Waals surface area contributed by atoms with Gasteiger partial charge in [-0.25, -0.2) is 0 Å². The van der Waals surface area contributed by atoms with Crippen LogP contribution in [-0.2, 0) is 0 Å². The van der Waals surface area contributed by atoms with Crippen molar-refractivity contribution >= 4 is 0 Å². The molecule has 0 aromatic heterocycles. The van der Waals surface area contributed by atoms with E-state index >= 15 is 0 Å². The lowest BCUT2D eigenvalue weighted by Crippen LogP contribution is -2.34. The number of aliphatic hydroxyl groups is 1. The van der Waals surface area contributed by atoms with Crippen molar-refractivity contribution < 1.29 is 5.11 Å². The van der Waals surface area contributed by atoms with E-state index in [1.54, 1.807) is 0 Å². The van der Waals surface area contributed by atoms with Crippen molar-refractivity contribution in [3.8, 4) is 0 Å². The summed E-state index contributed by atoms with van der Waals surface area (Å²) >= 11 is 0. The summed E-state index contributed by atoms with van der Waals surface area (Å²) in [4.78, 5) is 2.48. The Hall–Kier alpha value is -0.120.